The highest BCUT2D eigenvalue weighted by molar-refractivity contribution is 8.02. The molecular weight excluding hydrogens is 464 g/mol. The normalized spacial score (nSPS) is 32.1. The summed E-state index contributed by atoms with van der Waals surface area (Å²) in [5.74, 6) is -2.06. The number of ether oxygens (including phenoxy) is 1. The second-order valence-corrected chi connectivity index (χ2v) is 10.8. The van der Waals surface area contributed by atoms with Crippen molar-refractivity contribution in [2.75, 3.05) is 31.2 Å². The number of esters is 1. The van der Waals surface area contributed by atoms with Gasteiger partial charge >= 0.3 is 5.97 Å². The minimum atomic E-state index is -0.804. The Morgan fingerprint density at radius 1 is 1.39 bits per heavy atom. The third-order valence-electron chi connectivity index (χ3n) is 7.10. The lowest BCUT2D eigenvalue weighted by atomic mass is 9.66. The van der Waals surface area contributed by atoms with E-state index in [0.29, 0.717) is 10.7 Å². The minimum absolute atomic E-state index is 0.0313. The van der Waals surface area contributed by atoms with E-state index >= 15 is 0 Å². The number of thioether (sulfide) groups is 1. The van der Waals surface area contributed by atoms with Gasteiger partial charge in [-0.2, -0.15) is 0 Å². The van der Waals surface area contributed by atoms with Crippen LogP contribution in [0, 0.1) is 17.8 Å². The van der Waals surface area contributed by atoms with Crippen LogP contribution in [0.5, 0.6) is 0 Å². The number of carbonyl (C=O) groups excluding carboxylic acids is 3. The van der Waals surface area contributed by atoms with Gasteiger partial charge < -0.3 is 19.6 Å². The first-order valence-corrected chi connectivity index (χ1v) is 12.5. The van der Waals surface area contributed by atoms with Crippen LogP contribution in [0.15, 0.2) is 36.9 Å². The first kappa shape index (κ1) is 24.1. The molecule has 2 amide bonds. The van der Waals surface area contributed by atoms with E-state index in [4.69, 9.17) is 16.3 Å². The summed E-state index contributed by atoms with van der Waals surface area (Å²) >= 11 is 7.63. The molecule has 0 radical (unpaired) electrons. The summed E-state index contributed by atoms with van der Waals surface area (Å²) in [6, 6.07) is 6.14. The smallest absolute Gasteiger partial charge is 0.310 e. The summed E-state index contributed by atoms with van der Waals surface area (Å²) < 4.78 is 4.58. The molecule has 1 spiro atoms. The number of benzene rings is 1. The van der Waals surface area contributed by atoms with E-state index in [2.05, 4.69) is 13.5 Å². The van der Waals surface area contributed by atoms with Gasteiger partial charge in [0.05, 0.1) is 29.8 Å². The Balaban J connectivity index is 1.79. The molecule has 33 heavy (non-hydrogen) atoms. The Morgan fingerprint density at radius 2 is 2.09 bits per heavy atom. The molecule has 3 unspecified atom stereocenters. The maximum atomic E-state index is 14.2. The van der Waals surface area contributed by atoms with E-state index in [1.165, 1.54) is 4.90 Å². The van der Waals surface area contributed by atoms with Crippen LogP contribution < -0.4 is 4.90 Å². The molecule has 3 fully saturated rings. The molecule has 3 aliphatic rings. The van der Waals surface area contributed by atoms with Crippen LogP contribution in [0.2, 0.25) is 5.02 Å². The highest BCUT2D eigenvalue weighted by Gasteiger charge is 2.76. The molecule has 4 rings (SSSR count). The Bertz CT molecular complexity index is 957. The minimum Gasteiger partial charge on any atom is -0.466 e. The van der Waals surface area contributed by atoms with E-state index in [1.807, 2.05) is 0 Å². The van der Waals surface area contributed by atoms with E-state index < -0.39 is 22.6 Å². The van der Waals surface area contributed by atoms with Crippen molar-refractivity contribution >= 4 is 46.8 Å². The summed E-state index contributed by atoms with van der Waals surface area (Å²) in [7, 11) is 0. The van der Waals surface area contributed by atoms with E-state index in [1.54, 1.807) is 53.9 Å². The third-order valence-corrected chi connectivity index (χ3v) is 9.42. The molecule has 2 bridgehead atoms. The van der Waals surface area contributed by atoms with Crippen molar-refractivity contribution in [2.24, 2.45) is 17.8 Å². The number of hydrogen-bond acceptors (Lipinski definition) is 6. The lowest BCUT2D eigenvalue weighted by Gasteiger charge is -2.40. The highest BCUT2D eigenvalue weighted by atomic mass is 35.5. The Morgan fingerprint density at radius 3 is 2.70 bits per heavy atom. The predicted molar refractivity (Wildman–Crippen MR) is 128 cm³/mol. The predicted octanol–water partition coefficient (Wildman–Crippen LogP) is 2.75. The zero-order valence-electron chi connectivity index (χ0n) is 18.8. The number of hydrogen-bond donors (Lipinski definition) is 1. The standard InChI is InChI=1S/C24H29ClN2O5S/c1-4-10-26(16-8-6-15(25)7-9-16)22(30)20-24-14(3)13-17(33-24)18(23(31)32-5-2)19(24)21(29)27(20)11-12-28/h4,6-9,14,17-20,28H,1,5,10-13H2,2-3H3/t14?,17-,18+,19-,20?,24?/m0/s1. The molecule has 3 saturated heterocycles. The topological polar surface area (TPSA) is 87.2 Å². The molecule has 3 heterocycles. The molecule has 0 aliphatic carbocycles. The summed E-state index contributed by atoms with van der Waals surface area (Å²) in [5.41, 5.74) is 0.646. The molecule has 1 aromatic rings. The summed E-state index contributed by atoms with van der Waals surface area (Å²) in [5, 5.41) is 10.2. The van der Waals surface area contributed by atoms with Gasteiger partial charge in [0.15, 0.2) is 0 Å². The number of rotatable bonds is 8. The van der Waals surface area contributed by atoms with Crippen molar-refractivity contribution in [3.63, 3.8) is 0 Å². The van der Waals surface area contributed by atoms with Crippen LogP contribution in [-0.2, 0) is 19.1 Å². The lowest BCUT2D eigenvalue weighted by molar-refractivity contribution is -0.154. The molecule has 3 aliphatic heterocycles. The third kappa shape index (κ3) is 3.67. The zero-order chi connectivity index (χ0) is 23.9. The molecular formula is C24H29ClN2O5S. The van der Waals surface area contributed by atoms with Crippen molar-refractivity contribution in [2.45, 2.75) is 36.3 Å². The quantitative estimate of drug-likeness (QED) is 0.443. The fourth-order valence-corrected chi connectivity index (χ4v) is 8.40. The molecule has 9 heteroatoms. The molecule has 1 aromatic carbocycles. The Hall–Kier alpha value is -2.03. The number of β-amino-alcohol motifs (C(OH)–C–C–N with tert-alkyl or cyclic N) is 1. The van der Waals surface area contributed by atoms with Gasteiger partial charge in [0.1, 0.15) is 6.04 Å². The second-order valence-electron chi connectivity index (χ2n) is 8.77. The van der Waals surface area contributed by atoms with Gasteiger partial charge in [-0.1, -0.05) is 24.6 Å². The maximum Gasteiger partial charge on any atom is 0.310 e. The van der Waals surface area contributed by atoms with Crippen molar-refractivity contribution in [1.29, 1.82) is 0 Å². The lowest BCUT2D eigenvalue weighted by Crippen LogP contribution is -2.57. The highest BCUT2D eigenvalue weighted by Crippen LogP contribution is 2.68. The summed E-state index contributed by atoms with van der Waals surface area (Å²) in [4.78, 5) is 43.8. The molecule has 6 atom stereocenters. The number of nitrogens with zero attached hydrogens (tertiary/aromatic N) is 2. The monoisotopic (exact) mass is 492 g/mol. The van der Waals surface area contributed by atoms with Gasteiger partial charge in [0, 0.05) is 29.0 Å². The van der Waals surface area contributed by atoms with Crippen molar-refractivity contribution < 1.29 is 24.2 Å². The zero-order valence-corrected chi connectivity index (χ0v) is 20.3. The Kier molecular flexibility index (Phi) is 6.80. The van der Waals surface area contributed by atoms with Gasteiger partial charge in [-0.15, -0.1) is 18.3 Å². The van der Waals surface area contributed by atoms with Crippen LogP contribution in [-0.4, -0.2) is 70.1 Å². The molecule has 178 valence electrons. The molecule has 1 N–H and O–H groups in total. The number of amides is 2. The summed E-state index contributed by atoms with van der Waals surface area (Å²) in [6.07, 6.45) is 2.37. The van der Waals surface area contributed by atoms with Crippen molar-refractivity contribution in [3.05, 3.63) is 41.9 Å². The van der Waals surface area contributed by atoms with E-state index in [-0.39, 0.29) is 55.3 Å². The van der Waals surface area contributed by atoms with Gasteiger partial charge in [-0.3, -0.25) is 14.4 Å². The van der Waals surface area contributed by atoms with Crippen LogP contribution in [0.3, 0.4) is 0 Å². The number of aliphatic hydroxyl groups excluding tert-OH is 1. The first-order chi connectivity index (χ1) is 15.8. The molecule has 0 saturated carbocycles. The average Bonchev–Trinajstić information content (AvgIpc) is 3.37. The number of carbonyl (C=O) groups is 3. The first-order valence-electron chi connectivity index (χ1n) is 11.2. The number of halogens is 1. The average molecular weight is 493 g/mol. The maximum absolute atomic E-state index is 14.2. The van der Waals surface area contributed by atoms with Gasteiger partial charge in [0.2, 0.25) is 5.91 Å². The largest absolute Gasteiger partial charge is 0.466 e. The van der Waals surface area contributed by atoms with Crippen LogP contribution >= 0.6 is 23.4 Å². The SMILES string of the molecule is C=CCN(C(=O)C1N(CCO)C(=O)[C@@H]2[C@H](C(=O)OCC)[C@@H]3CC(C)C12S3)c1ccc(Cl)cc1. The van der Waals surface area contributed by atoms with Crippen molar-refractivity contribution in [3.8, 4) is 0 Å². The van der Waals surface area contributed by atoms with Gasteiger partial charge in [-0.25, -0.2) is 0 Å². The fourth-order valence-electron chi connectivity index (χ4n) is 5.87. The number of aliphatic hydroxyl groups is 1. The number of likely N-dealkylation sites (tertiary alicyclic amines) is 1. The molecule has 0 aromatic heterocycles. The van der Waals surface area contributed by atoms with E-state index in [0.717, 1.165) is 6.42 Å². The Labute approximate surface area is 203 Å². The summed E-state index contributed by atoms with van der Waals surface area (Å²) in [6.45, 7) is 7.85. The fraction of sp³-hybridized carbons (Fsp3) is 0.542. The van der Waals surface area contributed by atoms with Crippen LogP contribution in [0.4, 0.5) is 5.69 Å². The number of anilines is 1. The van der Waals surface area contributed by atoms with Crippen molar-refractivity contribution in [1.82, 2.24) is 4.90 Å². The number of fused-ring (bicyclic) bond motifs is 1. The van der Waals surface area contributed by atoms with Crippen LogP contribution in [0.1, 0.15) is 20.3 Å². The van der Waals surface area contributed by atoms with Gasteiger partial charge in [-0.05, 0) is 43.5 Å². The van der Waals surface area contributed by atoms with Gasteiger partial charge in [0.25, 0.3) is 5.91 Å². The molecule has 7 nitrogen and oxygen atoms in total. The van der Waals surface area contributed by atoms with E-state index in [9.17, 15) is 19.5 Å². The second kappa shape index (κ2) is 9.31. The van der Waals surface area contributed by atoms with Crippen LogP contribution in [0.25, 0.3) is 0 Å².